The van der Waals surface area contributed by atoms with Crippen molar-refractivity contribution in [2.24, 2.45) is 0 Å². The number of hydrogen-bond donors (Lipinski definition) is 0. The van der Waals surface area contributed by atoms with Crippen LogP contribution < -0.4 is 4.74 Å². The lowest BCUT2D eigenvalue weighted by atomic mass is 10.1. The third-order valence-corrected chi connectivity index (χ3v) is 4.98. The van der Waals surface area contributed by atoms with Crippen LogP contribution in [0, 0.1) is 6.92 Å². The quantitative estimate of drug-likeness (QED) is 0.455. The van der Waals surface area contributed by atoms with Crippen LogP contribution in [0.15, 0.2) is 48.8 Å². The van der Waals surface area contributed by atoms with Crippen molar-refractivity contribution in [2.45, 2.75) is 26.2 Å². The monoisotopic (exact) mass is 406 g/mol. The molecule has 134 valence electrons. The van der Waals surface area contributed by atoms with E-state index in [1.54, 1.807) is 24.5 Å². The summed E-state index contributed by atoms with van der Waals surface area (Å²) in [6, 6.07) is 13.1. The Morgan fingerprint density at radius 2 is 1.69 bits per heavy atom. The van der Waals surface area contributed by atoms with Gasteiger partial charge in [0.25, 0.3) is 0 Å². The second-order valence-electron chi connectivity index (χ2n) is 5.89. The van der Waals surface area contributed by atoms with Crippen LogP contribution in [0.3, 0.4) is 0 Å². The van der Waals surface area contributed by atoms with E-state index < -0.39 is 0 Å². The van der Waals surface area contributed by atoms with Crippen molar-refractivity contribution in [3.8, 4) is 11.5 Å². The van der Waals surface area contributed by atoms with Crippen molar-refractivity contribution >= 4 is 34.8 Å². The zero-order valence-electron chi connectivity index (χ0n) is 14.2. The van der Waals surface area contributed by atoms with E-state index >= 15 is 0 Å². The summed E-state index contributed by atoms with van der Waals surface area (Å²) in [7, 11) is 0. The van der Waals surface area contributed by atoms with Crippen molar-refractivity contribution in [1.82, 2.24) is 9.97 Å². The maximum absolute atomic E-state index is 6.23. The molecule has 0 atom stereocenters. The number of aryl methyl sites for hydroxylation is 3. The van der Waals surface area contributed by atoms with Gasteiger partial charge in [-0.3, -0.25) is 0 Å². The molecule has 0 saturated carbocycles. The van der Waals surface area contributed by atoms with E-state index in [9.17, 15) is 0 Å². The molecule has 0 spiro atoms. The number of benzene rings is 2. The number of nitrogens with zero attached hydrogens (tertiary/aromatic N) is 2. The average molecular weight is 408 g/mol. The fourth-order valence-electron chi connectivity index (χ4n) is 2.55. The summed E-state index contributed by atoms with van der Waals surface area (Å²) in [4.78, 5) is 8.35. The van der Waals surface area contributed by atoms with Crippen molar-refractivity contribution in [2.75, 3.05) is 0 Å². The highest BCUT2D eigenvalue weighted by atomic mass is 35.5. The lowest BCUT2D eigenvalue weighted by Gasteiger charge is -2.09. The van der Waals surface area contributed by atoms with Crippen molar-refractivity contribution in [1.29, 1.82) is 0 Å². The molecule has 3 rings (SSSR count). The molecule has 3 aromatic rings. The van der Waals surface area contributed by atoms with Crippen LogP contribution in [0.4, 0.5) is 0 Å². The van der Waals surface area contributed by atoms with Gasteiger partial charge >= 0.3 is 0 Å². The van der Waals surface area contributed by atoms with Crippen molar-refractivity contribution < 1.29 is 4.74 Å². The third kappa shape index (κ3) is 4.88. The Morgan fingerprint density at radius 1 is 0.923 bits per heavy atom. The first-order valence-corrected chi connectivity index (χ1v) is 9.34. The van der Waals surface area contributed by atoms with E-state index in [1.165, 1.54) is 5.56 Å². The predicted molar refractivity (Wildman–Crippen MR) is 107 cm³/mol. The number of aromatic nitrogens is 2. The van der Waals surface area contributed by atoms with Gasteiger partial charge in [0, 0.05) is 5.02 Å². The predicted octanol–water partition coefficient (Wildman–Crippen LogP) is 6.71. The van der Waals surface area contributed by atoms with E-state index in [0.717, 1.165) is 36.4 Å². The van der Waals surface area contributed by atoms with Crippen molar-refractivity contribution in [3.63, 3.8) is 0 Å². The molecule has 0 aliphatic carbocycles. The number of ether oxygens (including phenoxy) is 1. The fraction of sp³-hybridized carbons (Fsp3) is 0.200. The van der Waals surface area contributed by atoms with Gasteiger partial charge in [-0.1, -0.05) is 46.9 Å². The van der Waals surface area contributed by atoms with Gasteiger partial charge in [-0.25, -0.2) is 9.97 Å². The molecular formula is C20H17Cl3N2O. The summed E-state index contributed by atoms with van der Waals surface area (Å²) in [5.74, 6) is 1.31. The molecule has 0 N–H and O–H groups in total. The first-order valence-electron chi connectivity index (χ1n) is 8.21. The summed E-state index contributed by atoms with van der Waals surface area (Å²) in [5.41, 5.74) is 2.94. The number of halogens is 3. The zero-order valence-corrected chi connectivity index (χ0v) is 16.4. The van der Waals surface area contributed by atoms with Gasteiger partial charge in [-0.05, 0) is 62.1 Å². The highest BCUT2D eigenvalue weighted by Gasteiger charge is 2.07. The van der Waals surface area contributed by atoms with E-state index in [2.05, 4.69) is 9.97 Å². The molecule has 0 aliphatic heterocycles. The van der Waals surface area contributed by atoms with E-state index in [1.807, 2.05) is 31.2 Å². The Hall–Kier alpha value is -1.81. The van der Waals surface area contributed by atoms with Crippen LogP contribution in [0.2, 0.25) is 15.1 Å². The normalized spacial score (nSPS) is 10.8. The Kier molecular flexibility index (Phi) is 6.36. The lowest BCUT2D eigenvalue weighted by molar-refractivity contribution is 0.482. The standard InChI is InChI=1S/C20H17Cl3N2O/c1-13-20(23)18(25-12-24-13)4-2-3-14-5-8-16(9-6-14)26-19-10-7-15(21)11-17(19)22/h5-12H,2-4H2,1H3. The Morgan fingerprint density at radius 3 is 2.42 bits per heavy atom. The second-order valence-corrected chi connectivity index (χ2v) is 7.12. The molecule has 0 saturated heterocycles. The van der Waals surface area contributed by atoms with Gasteiger partial charge in [0.15, 0.2) is 0 Å². The minimum atomic E-state index is 0.485. The molecule has 0 unspecified atom stereocenters. The summed E-state index contributed by atoms with van der Waals surface area (Å²) < 4.78 is 5.80. The average Bonchev–Trinajstić information content (AvgIpc) is 2.62. The summed E-state index contributed by atoms with van der Waals surface area (Å²) in [6.45, 7) is 1.89. The molecule has 1 aromatic heterocycles. The molecule has 0 aliphatic rings. The van der Waals surface area contributed by atoms with Gasteiger partial charge in [-0.15, -0.1) is 0 Å². The highest BCUT2D eigenvalue weighted by molar-refractivity contribution is 6.35. The van der Waals surface area contributed by atoms with Crippen LogP contribution >= 0.6 is 34.8 Å². The van der Waals surface area contributed by atoms with Crippen molar-refractivity contribution in [3.05, 3.63) is 80.8 Å². The molecular weight excluding hydrogens is 391 g/mol. The fourth-order valence-corrected chi connectivity index (χ4v) is 3.19. The second kappa shape index (κ2) is 8.72. The summed E-state index contributed by atoms with van der Waals surface area (Å²) in [5, 5.41) is 1.73. The minimum absolute atomic E-state index is 0.485. The molecule has 3 nitrogen and oxygen atoms in total. The van der Waals surface area contributed by atoms with Gasteiger partial charge in [0.1, 0.15) is 17.8 Å². The van der Waals surface area contributed by atoms with E-state index in [4.69, 9.17) is 39.5 Å². The zero-order chi connectivity index (χ0) is 18.5. The van der Waals surface area contributed by atoms with E-state index in [0.29, 0.717) is 20.8 Å². The number of hydrogen-bond acceptors (Lipinski definition) is 3. The molecule has 0 radical (unpaired) electrons. The van der Waals surface area contributed by atoms with Crippen LogP contribution in [0.5, 0.6) is 11.5 Å². The molecule has 0 amide bonds. The Balaban J connectivity index is 1.57. The van der Waals surface area contributed by atoms with Gasteiger partial charge in [0.2, 0.25) is 0 Å². The maximum Gasteiger partial charge on any atom is 0.146 e. The summed E-state index contributed by atoms with van der Waals surface area (Å²) >= 11 is 18.3. The topological polar surface area (TPSA) is 35.0 Å². The first-order chi connectivity index (χ1) is 12.5. The smallest absolute Gasteiger partial charge is 0.146 e. The van der Waals surface area contributed by atoms with Gasteiger partial charge in [0.05, 0.1) is 21.4 Å². The molecule has 26 heavy (non-hydrogen) atoms. The van der Waals surface area contributed by atoms with Gasteiger partial charge in [-0.2, -0.15) is 0 Å². The highest BCUT2D eigenvalue weighted by Crippen LogP contribution is 2.31. The molecule has 6 heteroatoms. The molecule has 0 bridgehead atoms. The summed E-state index contributed by atoms with van der Waals surface area (Å²) in [6.07, 6.45) is 4.27. The molecule has 0 fully saturated rings. The largest absolute Gasteiger partial charge is 0.456 e. The van der Waals surface area contributed by atoms with Crippen LogP contribution in [-0.4, -0.2) is 9.97 Å². The molecule has 2 aromatic carbocycles. The van der Waals surface area contributed by atoms with Crippen LogP contribution in [-0.2, 0) is 12.8 Å². The Labute approximate surface area is 167 Å². The number of rotatable bonds is 6. The van der Waals surface area contributed by atoms with Crippen LogP contribution in [0.1, 0.15) is 23.4 Å². The van der Waals surface area contributed by atoms with Gasteiger partial charge < -0.3 is 4.74 Å². The lowest BCUT2D eigenvalue weighted by Crippen LogP contribution is -1.97. The Bertz CT molecular complexity index is 898. The SMILES string of the molecule is Cc1ncnc(CCCc2ccc(Oc3ccc(Cl)cc3Cl)cc2)c1Cl. The maximum atomic E-state index is 6.23. The van der Waals surface area contributed by atoms with E-state index in [-0.39, 0.29) is 0 Å². The third-order valence-electron chi connectivity index (χ3n) is 3.96. The minimum Gasteiger partial charge on any atom is -0.456 e. The molecule has 1 heterocycles. The first kappa shape index (κ1) is 19.0. The van der Waals surface area contributed by atoms with Crippen LogP contribution in [0.25, 0.3) is 0 Å².